The maximum Gasteiger partial charge on any atom is 0.330 e. The summed E-state index contributed by atoms with van der Waals surface area (Å²) in [4.78, 5) is 12.3. The lowest BCUT2D eigenvalue weighted by Gasteiger charge is -2.61. The van der Waals surface area contributed by atoms with E-state index >= 15 is 0 Å². The van der Waals surface area contributed by atoms with Crippen molar-refractivity contribution in [1.29, 1.82) is 0 Å². The van der Waals surface area contributed by atoms with Crippen molar-refractivity contribution in [3.05, 3.63) is 54.1 Å². The predicted molar refractivity (Wildman–Crippen MR) is 223 cm³/mol. The van der Waals surface area contributed by atoms with Crippen molar-refractivity contribution in [1.82, 2.24) is 0 Å². The van der Waals surface area contributed by atoms with Crippen LogP contribution in [0.5, 0.6) is 11.5 Å². The van der Waals surface area contributed by atoms with Gasteiger partial charge in [0.25, 0.3) is 0 Å². The van der Waals surface area contributed by atoms with Gasteiger partial charge in [-0.15, -0.1) is 0 Å². The standard InChI is InChI=1S/C48H72N2O4/c1-33(2)11-10-12-34(3)41-21-22-42-40-20-16-36-31-39(25-27-47(36,4)43(40)26-28-48(41,42)5)54-38-18-13-35(14-19-38)15-24-46(51)53-30-9-7-6-8-29-52-45-23-17-37(49)32-44(45)50/h13-15,17-19,23-24,32-34,36,39-43H,6-12,16,20-22,25-31,49-50H2,1-5H3/t34-,36?,39?,40+,41-,42+,43+,47+,48-/m1/s1. The van der Waals surface area contributed by atoms with Crippen molar-refractivity contribution in [2.24, 2.45) is 52.3 Å². The molecule has 6 rings (SSSR count). The van der Waals surface area contributed by atoms with Crippen LogP contribution in [0, 0.1) is 52.3 Å². The predicted octanol–water partition coefficient (Wildman–Crippen LogP) is 11.9. The van der Waals surface area contributed by atoms with Crippen LogP contribution >= 0.6 is 0 Å². The molecule has 0 saturated heterocycles. The van der Waals surface area contributed by atoms with E-state index in [9.17, 15) is 4.79 Å². The third kappa shape index (κ3) is 9.62. The summed E-state index contributed by atoms with van der Waals surface area (Å²) in [6.07, 6.45) is 23.9. The summed E-state index contributed by atoms with van der Waals surface area (Å²) < 4.78 is 17.8. The largest absolute Gasteiger partial charge is 0.491 e. The van der Waals surface area contributed by atoms with Gasteiger partial charge in [0.2, 0.25) is 0 Å². The molecule has 2 unspecified atom stereocenters. The minimum atomic E-state index is -0.306. The number of carbonyl (C=O) groups is 1. The maximum atomic E-state index is 12.3. The zero-order valence-electron chi connectivity index (χ0n) is 34.3. The summed E-state index contributed by atoms with van der Waals surface area (Å²) >= 11 is 0. The summed E-state index contributed by atoms with van der Waals surface area (Å²) in [6.45, 7) is 13.8. The molecule has 0 heterocycles. The molecule has 54 heavy (non-hydrogen) atoms. The fourth-order valence-electron chi connectivity index (χ4n) is 12.0. The number of rotatable bonds is 17. The van der Waals surface area contributed by atoms with E-state index in [-0.39, 0.29) is 5.97 Å². The summed E-state index contributed by atoms with van der Waals surface area (Å²) in [5.41, 5.74) is 14.9. The molecular weight excluding hydrogens is 669 g/mol. The molecule has 298 valence electrons. The van der Waals surface area contributed by atoms with Crippen LogP contribution in [0.2, 0.25) is 0 Å². The number of nitrogens with two attached hydrogens (primary N) is 2. The van der Waals surface area contributed by atoms with Crippen molar-refractivity contribution in [3.8, 4) is 11.5 Å². The van der Waals surface area contributed by atoms with Gasteiger partial charge in [0.05, 0.1) is 25.0 Å². The Morgan fingerprint density at radius 3 is 2.31 bits per heavy atom. The van der Waals surface area contributed by atoms with Gasteiger partial charge in [-0.2, -0.15) is 0 Å². The lowest BCUT2D eigenvalue weighted by atomic mass is 9.44. The second kappa shape index (κ2) is 18.2. The lowest BCUT2D eigenvalue weighted by molar-refractivity contribution is -0.137. The van der Waals surface area contributed by atoms with Gasteiger partial charge in [-0.3, -0.25) is 0 Å². The first-order valence-corrected chi connectivity index (χ1v) is 21.9. The van der Waals surface area contributed by atoms with E-state index in [2.05, 4.69) is 46.8 Å². The van der Waals surface area contributed by atoms with E-state index in [0.717, 1.165) is 84.8 Å². The second-order valence-electron chi connectivity index (χ2n) is 18.8. The second-order valence-corrected chi connectivity index (χ2v) is 18.8. The van der Waals surface area contributed by atoms with Crippen molar-refractivity contribution < 1.29 is 19.0 Å². The zero-order valence-corrected chi connectivity index (χ0v) is 34.3. The Balaban J connectivity index is 0.891. The zero-order chi connectivity index (χ0) is 38.3. The van der Waals surface area contributed by atoms with Gasteiger partial charge in [0.1, 0.15) is 11.5 Å². The molecule has 0 aromatic heterocycles. The number of esters is 1. The number of anilines is 2. The SMILES string of the molecule is CC(C)CCC[C@@H](C)[C@H]1CC[C@H]2[C@@H]3CCC4CC(Oc5ccc(C=CC(=O)OCCCCCCOc6ccc(N)cc6N)cc5)CC[C@]4(C)[C@H]3CC[C@]12C. The first kappa shape index (κ1) is 40.5. The number of hydrogen-bond acceptors (Lipinski definition) is 6. The van der Waals surface area contributed by atoms with E-state index in [1.54, 1.807) is 18.2 Å². The van der Waals surface area contributed by atoms with Crippen LogP contribution in [0.1, 0.15) is 143 Å². The molecule has 2 aromatic carbocycles. The van der Waals surface area contributed by atoms with Crippen LogP contribution < -0.4 is 20.9 Å². The maximum absolute atomic E-state index is 12.3. The van der Waals surface area contributed by atoms with E-state index in [4.69, 9.17) is 25.7 Å². The van der Waals surface area contributed by atoms with Gasteiger partial charge in [0.15, 0.2) is 0 Å². The highest BCUT2D eigenvalue weighted by Gasteiger charge is 2.60. The summed E-state index contributed by atoms with van der Waals surface area (Å²) in [7, 11) is 0. The quantitative estimate of drug-likeness (QED) is 0.0725. The van der Waals surface area contributed by atoms with Gasteiger partial charge in [0, 0.05) is 11.8 Å². The third-order valence-electron chi connectivity index (χ3n) is 15.0. The van der Waals surface area contributed by atoms with Crippen LogP contribution in [-0.2, 0) is 9.53 Å². The van der Waals surface area contributed by atoms with Crippen LogP contribution in [0.4, 0.5) is 11.4 Å². The van der Waals surface area contributed by atoms with Crippen molar-refractivity contribution in [2.75, 3.05) is 24.7 Å². The molecule has 4 aliphatic rings. The Labute approximate surface area is 327 Å². The van der Waals surface area contributed by atoms with Gasteiger partial charge in [-0.25, -0.2) is 4.79 Å². The molecule has 6 nitrogen and oxygen atoms in total. The third-order valence-corrected chi connectivity index (χ3v) is 15.0. The Morgan fingerprint density at radius 2 is 1.56 bits per heavy atom. The Kier molecular flexibility index (Phi) is 13.7. The molecule has 0 spiro atoms. The van der Waals surface area contributed by atoms with Crippen molar-refractivity contribution in [3.63, 3.8) is 0 Å². The number of unbranched alkanes of at least 4 members (excludes halogenated alkanes) is 3. The van der Waals surface area contributed by atoms with Crippen LogP contribution in [0.25, 0.3) is 6.08 Å². The summed E-state index contributed by atoms with van der Waals surface area (Å²) in [5.74, 6) is 7.49. The fraction of sp³-hybridized carbons (Fsp3) is 0.688. The van der Waals surface area contributed by atoms with E-state index < -0.39 is 0 Å². The highest BCUT2D eigenvalue weighted by atomic mass is 16.5. The van der Waals surface area contributed by atoms with Crippen LogP contribution in [0.3, 0.4) is 0 Å². The number of nitrogen functional groups attached to an aromatic ring is 2. The topological polar surface area (TPSA) is 96.8 Å². The first-order chi connectivity index (χ1) is 26.0. The minimum Gasteiger partial charge on any atom is -0.491 e. The monoisotopic (exact) mass is 741 g/mol. The van der Waals surface area contributed by atoms with Gasteiger partial charge < -0.3 is 25.7 Å². The first-order valence-electron chi connectivity index (χ1n) is 21.9. The number of carbonyl (C=O) groups excluding carboxylic acids is 1. The number of ether oxygens (including phenoxy) is 3. The molecule has 6 heteroatoms. The molecule has 4 saturated carbocycles. The Bertz CT molecular complexity index is 1540. The molecule has 0 amide bonds. The van der Waals surface area contributed by atoms with Crippen molar-refractivity contribution in [2.45, 2.75) is 143 Å². The summed E-state index contributed by atoms with van der Waals surface area (Å²) in [5, 5.41) is 0. The van der Waals surface area contributed by atoms with Crippen LogP contribution in [-0.4, -0.2) is 25.3 Å². The van der Waals surface area contributed by atoms with Crippen LogP contribution in [0.15, 0.2) is 48.5 Å². The molecule has 9 atom stereocenters. The molecule has 4 aliphatic carbocycles. The van der Waals surface area contributed by atoms with Gasteiger partial charge in [-0.1, -0.05) is 66.0 Å². The van der Waals surface area contributed by atoms with E-state index in [1.165, 1.54) is 76.7 Å². The highest BCUT2D eigenvalue weighted by Crippen LogP contribution is 2.68. The van der Waals surface area contributed by atoms with E-state index in [1.807, 2.05) is 18.2 Å². The number of hydrogen-bond donors (Lipinski definition) is 2. The number of fused-ring (bicyclic) bond motifs is 5. The number of benzene rings is 2. The Hall–Kier alpha value is -3.15. The van der Waals surface area contributed by atoms with E-state index in [0.29, 0.717) is 47.3 Å². The smallest absolute Gasteiger partial charge is 0.330 e. The average molecular weight is 741 g/mol. The Morgan fingerprint density at radius 1 is 0.815 bits per heavy atom. The lowest BCUT2D eigenvalue weighted by Crippen LogP contribution is -2.54. The van der Waals surface area contributed by atoms with Crippen molar-refractivity contribution >= 4 is 23.4 Å². The molecule has 0 bridgehead atoms. The molecule has 2 aromatic rings. The molecule has 0 aliphatic heterocycles. The highest BCUT2D eigenvalue weighted by molar-refractivity contribution is 5.87. The molecule has 4 N–H and O–H groups in total. The minimum absolute atomic E-state index is 0.294. The molecule has 0 radical (unpaired) electrons. The normalized spacial score (nSPS) is 31.1. The molecular formula is C48H72N2O4. The van der Waals surface area contributed by atoms with Gasteiger partial charge in [-0.05, 0) is 178 Å². The fourth-order valence-corrected chi connectivity index (χ4v) is 12.0. The molecule has 4 fully saturated rings. The summed E-state index contributed by atoms with van der Waals surface area (Å²) in [6, 6.07) is 13.5. The average Bonchev–Trinajstić information content (AvgIpc) is 3.50. The van der Waals surface area contributed by atoms with Gasteiger partial charge >= 0.3 is 5.97 Å².